The van der Waals surface area contributed by atoms with Gasteiger partial charge in [-0.05, 0) is 25.0 Å². The van der Waals surface area contributed by atoms with Crippen LogP contribution in [0.15, 0.2) is 18.3 Å². The normalized spacial score (nSPS) is 23.1. The van der Waals surface area contributed by atoms with Gasteiger partial charge < -0.3 is 5.32 Å². The topological polar surface area (TPSA) is 24.9 Å². The van der Waals surface area contributed by atoms with Gasteiger partial charge in [0.15, 0.2) is 0 Å². The van der Waals surface area contributed by atoms with Crippen LogP contribution >= 0.6 is 0 Å². The predicted molar refractivity (Wildman–Crippen MR) is 57.5 cm³/mol. The molecule has 0 atom stereocenters. The number of hydrogen-bond donors (Lipinski definition) is 1. The summed E-state index contributed by atoms with van der Waals surface area (Å²) in [6, 6.07) is 4.18. The van der Waals surface area contributed by atoms with Gasteiger partial charge in [0.25, 0.3) is 0 Å². The minimum atomic E-state index is 0.384. The fourth-order valence-electron chi connectivity index (χ4n) is 2.96. The second kappa shape index (κ2) is 2.97. The summed E-state index contributed by atoms with van der Waals surface area (Å²) >= 11 is 0. The lowest BCUT2D eigenvalue weighted by molar-refractivity contribution is 0.313. The zero-order valence-corrected chi connectivity index (χ0v) is 8.42. The third kappa shape index (κ3) is 1.06. The van der Waals surface area contributed by atoms with E-state index in [1.54, 1.807) is 0 Å². The number of hydrogen-bond acceptors (Lipinski definition) is 2. The Kier molecular flexibility index (Phi) is 1.76. The quantitative estimate of drug-likeness (QED) is 0.677. The summed E-state index contributed by atoms with van der Waals surface area (Å²) in [5.41, 5.74) is 2.99. The smallest absolute Gasteiger partial charge is 0.0713 e. The maximum atomic E-state index is 4.57. The van der Waals surface area contributed by atoms with Crippen molar-refractivity contribution in [1.29, 1.82) is 0 Å². The van der Waals surface area contributed by atoms with Crippen LogP contribution in [0.4, 0.5) is 5.69 Å². The standard InChI is InChI=1S/C12H16N2/c1-2-6-12(7-3-1)9-14-10-5-4-8-13-11(10)12/h4-5,8,14H,1-3,6-7,9H2. The molecule has 2 heterocycles. The van der Waals surface area contributed by atoms with Crippen molar-refractivity contribution in [2.45, 2.75) is 37.5 Å². The van der Waals surface area contributed by atoms with Gasteiger partial charge in [0.05, 0.1) is 11.4 Å². The first-order chi connectivity index (χ1) is 6.91. The molecular formula is C12H16N2. The van der Waals surface area contributed by atoms with E-state index in [2.05, 4.69) is 16.4 Å². The number of nitrogens with zero attached hydrogens (tertiary/aromatic N) is 1. The summed E-state index contributed by atoms with van der Waals surface area (Å²) in [7, 11) is 0. The van der Waals surface area contributed by atoms with Gasteiger partial charge in [-0.25, -0.2) is 0 Å². The van der Waals surface area contributed by atoms with Gasteiger partial charge in [0.2, 0.25) is 0 Å². The number of aromatic nitrogens is 1. The molecule has 0 unspecified atom stereocenters. The summed E-state index contributed by atoms with van der Waals surface area (Å²) in [6.45, 7) is 1.11. The number of nitrogens with one attached hydrogen (secondary N) is 1. The van der Waals surface area contributed by atoms with Crippen LogP contribution in [0.3, 0.4) is 0 Å². The second-order valence-electron chi connectivity index (χ2n) is 4.59. The van der Waals surface area contributed by atoms with Crippen molar-refractivity contribution in [3.8, 4) is 0 Å². The molecule has 2 heteroatoms. The highest BCUT2D eigenvalue weighted by atomic mass is 15.0. The van der Waals surface area contributed by atoms with E-state index in [4.69, 9.17) is 0 Å². The predicted octanol–water partition coefficient (Wildman–Crippen LogP) is 2.71. The van der Waals surface area contributed by atoms with Gasteiger partial charge in [-0.2, -0.15) is 0 Å². The Morgan fingerprint density at radius 1 is 1.21 bits per heavy atom. The van der Waals surface area contributed by atoms with Crippen LogP contribution < -0.4 is 5.32 Å². The molecule has 1 aliphatic carbocycles. The molecule has 14 heavy (non-hydrogen) atoms. The number of fused-ring (bicyclic) bond motifs is 2. The first-order valence-corrected chi connectivity index (χ1v) is 5.60. The average molecular weight is 188 g/mol. The van der Waals surface area contributed by atoms with E-state index < -0.39 is 0 Å². The van der Waals surface area contributed by atoms with Gasteiger partial charge >= 0.3 is 0 Å². The summed E-state index contributed by atoms with van der Waals surface area (Å²) in [5.74, 6) is 0. The van der Waals surface area contributed by atoms with Crippen molar-refractivity contribution in [3.05, 3.63) is 24.0 Å². The summed E-state index contributed by atoms with van der Waals surface area (Å²) < 4.78 is 0. The lowest BCUT2D eigenvalue weighted by Crippen LogP contribution is -2.31. The summed E-state index contributed by atoms with van der Waals surface area (Å²) in [4.78, 5) is 4.57. The highest BCUT2D eigenvalue weighted by Crippen LogP contribution is 2.44. The highest BCUT2D eigenvalue weighted by molar-refractivity contribution is 5.56. The number of pyridine rings is 1. The van der Waals surface area contributed by atoms with Crippen molar-refractivity contribution >= 4 is 5.69 Å². The molecule has 0 amide bonds. The van der Waals surface area contributed by atoms with Crippen LogP contribution in [-0.4, -0.2) is 11.5 Å². The average Bonchev–Trinajstić information content (AvgIpc) is 2.60. The van der Waals surface area contributed by atoms with Gasteiger partial charge in [0.1, 0.15) is 0 Å². The molecule has 0 aromatic carbocycles. The molecule has 1 N–H and O–H groups in total. The van der Waals surface area contributed by atoms with Gasteiger partial charge in [-0.3, -0.25) is 4.98 Å². The Morgan fingerprint density at radius 3 is 2.93 bits per heavy atom. The monoisotopic (exact) mass is 188 g/mol. The Hall–Kier alpha value is -1.05. The number of anilines is 1. The molecule has 1 saturated carbocycles. The number of rotatable bonds is 0. The minimum Gasteiger partial charge on any atom is -0.383 e. The third-order valence-electron chi connectivity index (χ3n) is 3.74. The van der Waals surface area contributed by atoms with Crippen molar-refractivity contribution < 1.29 is 0 Å². The molecule has 0 radical (unpaired) electrons. The third-order valence-corrected chi connectivity index (χ3v) is 3.74. The van der Waals surface area contributed by atoms with Crippen LogP contribution in [0.25, 0.3) is 0 Å². The molecule has 2 nitrogen and oxygen atoms in total. The molecule has 1 aliphatic heterocycles. The Morgan fingerprint density at radius 2 is 2.07 bits per heavy atom. The van der Waals surface area contributed by atoms with Crippen molar-refractivity contribution in [3.63, 3.8) is 0 Å². The van der Waals surface area contributed by atoms with Crippen molar-refractivity contribution in [2.75, 3.05) is 11.9 Å². The molecular weight excluding hydrogens is 172 g/mol. The van der Waals surface area contributed by atoms with Crippen LogP contribution in [0.5, 0.6) is 0 Å². The second-order valence-corrected chi connectivity index (χ2v) is 4.59. The van der Waals surface area contributed by atoms with E-state index in [0.717, 1.165) is 6.54 Å². The van der Waals surface area contributed by atoms with E-state index in [0.29, 0.717) is 5.41 Å². The van der Waals surface area contributed by atoms with E-state index >= 15 is 0 Å². The largest absolute Gasteiger partial charge is 0.383 e. The molecule has 0 saturated heterocycles. The van der Waals surface area contributed by atoms with Crippen LogP contribution in [0.2, 0.25) is 0 Å². The lowest BCUT2D eigenvalue weighted by atomic mass is 9.73. The molecule has 1 fully saturated rings. The van der Waals surface area contributed by atoms with Gasteiger partial charge in [0, 0.05) is 18.2 Å². The first kappa shape index (κ1) is 8.27. The Labute approximate surface area is 84.7 Å². The molecule has 2 aliphatic rings. The Balaban J connectivity index is 2.03. The van der Waals surface area contributed by atoms with E-state index in [1.165, 1.54) is 43.5 Å². The van der Waals surface area contributed by atoms with Crippen molar-refractivity contribution in [2.24, 2.45) is 0 Å². The highest BCUT2D eigenvalue weighted by Gasteiger charge is 2.40. The van der Waals surface area contributed by atoms with E-state index in [1.807, 2.05) is 12.3 Å². The van der Waals surface area contributed by atoms with Gasteiger partial charge in [-0.1, -0.05) is 19.3 Å². The summed E-state index contributed by atoms with van der Waals surface area (Å²) in [5, 5.41) is 3.50. The SMILES string of the molecule is c1cnc2c(c1)NCC21CCCCC1. The van der Waals surface area contributed by atoms with E-state index in [9.17, 15) is 0 Å². The first-order valence-electron chi connectivity index (χ1n) is 5.60. The fourth-order valence-corrected chi connectivity index (χ4v) is 2.96. The zero-order valence-electron chi connectivity index (χ0n) is 8.42. The molecule has 74 valence electrons. The maximum absolute atomic E-state index is 4.57. The fraction of sp³-hybridized carbons (Fsp3) is 0.583. The zero-order chi connectivity index (χ0) is 9.43. The van der Waals surface area contributed by atoms with Crippen LogP contribution in [-0.2, 0) is 5.41 Å². The Bertz CT molecular complexity index is 334. The molecule has 1 spiro atoms. The van der Waals surface area contributed by atoms with Crippen molar-refractivity contribution in [1.82, 2.24) is 4.98 Å². The minimum absolute atomic E-state index is 0.384. The van der Waals surface area contributed by atoms with E-state index in [-0.39, 0.29) is 0 Å². The van der Waals surface area contributed by atoms with Crippen LogP contribution in [0.1, 0.15) is 37.8 Å². The maximum Gasteiger partial charge on any atom is 0.0713 e. The molecule has 1 aromatic heterocycles. The van der Waals surface area contributed by atoms with Crippen LogP contribution in [0, 0.1) is 0 Å². The lowest BCUT2D eigenvalue weighted by Gasteiger charge is -2.32. The molecule has 0 bridgehead atoms. The van der Waals surface area contributed by atoms with Gasteiger partial charge in [-0.15, -0.1) is 0 Å². The summed E-state index contributed by atoms with van der Waals surface area (Å²) in [6.07, 6.45) is 8.73. The molecule has 1 aromatic rings. The molecule has 3 rings (SSSR count).